The standard InChI is InChI=1S/C15H16N4O5/c1-9(2)19-24-14(20)13-10(6-5-7-16-13)23-15-17-11(21-3)8-12(18-15)22-4/h5-8H,1-4H3. The highest BCUT2D eigenvalue weighted by molar-refractivity contribution is 5.91. The zero-order valence-corrected chi connectivity index (χ0v) is 13.6. The third-order valence-electron chi connectivity index (χ3n) is 2.55. The molecule has 24 heavy (non-hydrogen) atoms. The summed E-state index contributed by atoms with van der Waals surface area (Å²) in [5.41, 5.74) is 0.524. The fourth-order valence-electron chi connectivity index (χ4n) is 1.54. The number of carbonyl (C=O) groups excluding carboxylic acids is 1. The van der Waals surface area contributed by atoms with E-state index in [-0.39, 0.29) is 29.2 Å². The number of oxime groups is 1. The first-order valence-corrected chi connectivity index (χ1v) is 6.86. The van der Waals surface area contributed by atoms with E-state index in [0.717, 1.165) is 0 Å². The highest BCUT2D eigenvalue weighted by Gasteiger charge is 2.18. The molecule has 0 N–H and O–H groups in total. The van der Waals surface area contributed by atoms with Gasteiger partial charge < -0.3 is 19.0 Å². The summed E-state index contributed by atoms with van der Waals surface area (Å²) in [6, 6.07) is 4.55. The molecule has 2 rings (SSSR count). The number of nitrogens with zero attached hydrogens (tertiary/aromatic N) is 4. The molecule has 0 spiro atoms. The van der Waals surface area contributed by atoms with E-state index in [1.807, 2.05) is 0 Å². The monoisotopic (exact) mass is 332 g/mol. The van der Waals surface area contributed by atoms with Crippen LogP contribution in [-0.4, -0.2) is 40.9 Å². The van der Waals surface area contributed by atoms with Crippen LogP contribution >= 0.6 is 0 Å². The second-order valence-corrected chi connectivity index (χ2v) is 4.60. The van der Waals surface area contributed by atoms with Crippen LogP contribution in [0.2, 0.25) is 0 Å². The highest BCUT2D eigenvalue weighted by Crippen LogP contribution is 2.25. The predicted octanol–water partition coefficient (Wildman–Crippen LogP) is 2.23. The van der Waals surface area contributed by atoms with Gasteiger partial charge in [-0.2, -0.15) is 9.97 Å². The lowest BCUT2D eigenvalue weighted by Crippen LogP contribution is -2.07. The van der Waals surface area contributed by atoms with Crippen LogP contribution in [0.15, 0.2) is 29.6 Å². The maximum Gasteiger partial charge on any atom is 0.387 e. The van der Waals surface area contributed by atoms with Crippen molar-refractivity contribution in [1.29, 1.82) is 0 Å². The lowest BCUT2D eigenvalue weighted by Gasteiger charge is -2.09. The SMILES string of the molecule is COc1cc(OC)nc(Oc2cccnc2C(=O)ON=C(C)C)n1. The van der Waals surface area contributed by atoms with Gasteiger partial charge in [0.05, 0.1) is 26.0 Å². The molecule has 2 heterocycles. The van der Waals surface area contributed by atoms with Crippen LogP contribution in [0.1, 0.15) is 24.3 Å². The fraction of sp³-hybridized carbons (Fsp3) is 0.267. The summed E-state index contributed by atoms with van der Waals surface area (Å²) in [5, 5.41) is 3.60. The summed E-state index contributed by atoms with van der Waals surface area (Å²) in [7, 11) is 2.90. The summed E-state index contributed by atoms with van der Waals surface area (Å²) in [6.45, 7) is 3.39. The predicted molar refractivity (Wildman–Crippen MR) is 83.6 cm³/mol. The third-order valence-corrected chi connectivity index (χ3v) is 2.55. The summed E-state index contributed by atoms with van der Waals surface area (Å²) >= 11 is 0. The molecular formula is C15H16N4O5. The molecule has 0 bridgehead atoms. The number of pyridine rings is 1. The van der Waals surface area contributed by atoms with Crippen molar-refractivity contribution in [3.63, 3.8) is 0 Å². The van der Waals surface area contributed by atoms with E-state index in [0.29, 0.717) is 5.71 Å². The number of ether oxygens (including phenoxy) is 3. The molecular weight excluding hydrogens is 316 g/mol. The zero-order chi connectivity index (χ0) is 17.5. The molecule has 0 saturated carbocycles. The molecule has 0 saturated heterocycles. The number of hydrogen-bond acceptors (Lipinski definition) is 9. The van der Waals surface area contributed by atoms with Gasteiger partial charge in [-0.25, -0.2) is 9.78 Å². The Bertz CT molecular complexity index is 737. The molecule has 0 aliphatic rings. The van der Waals surface area contributed by atoms with E-state index in [2.05, 4.69) is 20.1 Å². The average Bonchev–Trinajstić information content (AvgIpc) is 2.59. The van der Waals surface area contributed by atoms with Gasteiger partial charge in [-0.3, -0.25) is 0 Å². The van der Waals surface area contributed by atoms with Crippen LogP contribution in [0.3, 0.4) is 0 Å². The van der Waals surface area contributed by atoms with Gasteiger partial charge in [0.2, 0.25) is 11.8 Å². The van der Waals surface area contributed by atoms with Crippen LogP contribution < -0.4 is 14.2 Å². The maximum absolute atomic E-state index is 12.0. The smallest absolute Gasteiger partial charge is 0.387 e. The second-order valence-electron chi connectivity index (χ2n) is 4.60. The fourth-order valence-corrected chi connectivity index (χ4v) is 1.54. The maximum atomic E-state index is 12.0. The highest BCUT2D eigenvalue weighted by atomic mass is 16.7. The van der Waals surface area contributed by atoms with Crippen molar-refractivity contribution >= 4 is 11.7 Å². The lowest BCUT2D eigenvalue weighted by atomic mass is 10.3. The Hall–Kier alpha value is -3.23. The molecule has 9 heteroatoms. The van der Waals surface area contributed by atoms with E-state index < -0.39 is 5.97 Å². The number of hydrogen-bond donors (Lipinski definition) is 0. The van der Waals surface area contributed by atoms with Crippen molar-refractivity contribution < 1.29 is 23.8 Å². The summed E-state index contributed by atoms with van der Waals surface area (Å²) in [5.74, 6) is -0.157. The van der Waals surface area contributed by atoms with Gasteiger partial charge >= 0.3 is 12.0 Å². The number of rotatable bonds is 6. The number of carbonyl (C=O) groups is 1. The van der Waals surface area contributed by atoms with E-state index in [1.165, 1.54) is 32.5 Å². The molecule has 0 atom stereocenters. The molecule has 0 fully saturated rings. The Morgan fingerprint density at radius 1 is 1.12 bits per heavy atom. The third kappa shape index (κ3) is 4.38. The largest absolute Gasteiger partial charge is 0.481 e. The minimum Gasteiger partial charge on any atom is -0.481 e. The van der Waals surface area contributed by atoms with E-state index in [1.54, 1.807) is 19.9 Å². The van der Waals surface area contributed by atoms with Crippen LogP contribution in [0.25, 0.3) is 0 Å². The molecule has 2 aromatic rings. The van der Waals surface area contributed by atoms with Gasteiger partial charge in [-0.05, 0) is 26.0 Å². The summed E-state index contributed by atoms with van der Waals surface area (Å²) < 4.78 is 15.6. The Labute approximate surface area is 138 Å². The minimum absolute atomic E-state index is 0.0621. The summed E-state index contributed by atoms with van der Waals surface area (Å²) in [4.78, 5) is 28.8. The van der Waals surface area contributed by atoms with E-state index in [4.69, 9.17) is 19.0 Å². The Kier molecular flexibility index (Phi) is 5.61. The van der Waals surface area contributed by atoms with Gasteiger partial charge in [0.25, 0.3) is 0 Å². The Morgan fingerprint density at radius 3 is 2.38 bits per heavy atom. The molecule has 0 radical (unpaired) electrons. The second kappa shape index (κ2) is 7.86. The molecule has 0 unspecified atom stereocenters. The molecule has 0 aliphatic carbocycles. The van der Waals surface area contributed by atoms with Crippen molar-refractivity contribution in [2.24, 2.45) is 5.16 Å². The first-order valence-electron chi connectivity index (χ1n) is 6.86. The van der Waals surface area contributed by atoms with Crippen molar-refractivity contribution in [2.75, 3.05) is 14.2 Å². The van der Waals surface area contributed by atoms with Gasteiger partial charge in [0.15, 0.2) is 11.4 Å². The first-order chi connectivity index (χ1) is 11.5. The average molecular weight is 332 g/mol. The Balaban J connectivity index is 2.30. The Morgan fingerprint density at radius 2 is 1.79 bits per heavy atom. The minimum atomic E-state index is -0.762. The quantitative estimate of drug-likeness (QED) is 0.450. The zero-order valence-electron chi connectivity index (χ0n) is 13.6. The van der Waals surface area contributed by atoms with Gasteiger partial charge in [-0.15, -0.1) is 0 Å². The van der Waals surface area contributed by atoms with Gasteiger partial charge in [0.1, 0.15) is 0 Å². The summed E-state index contributed by atoms with van der Waals surface area (Å²) in [6.07, 6.45) is 1.43. The molecule has 9 nitrogen and oxygen atoms in total. The van der Waals surface area contributed by atoms with Crippen LogP contribution in [0.5, 0.6) is 23.5 Å². The van der Waals surface area contributed by atoms with Crippen molar-refractivity contribution in [3.05, 3.63) is 30.1 Å². The van der Waals surface area contributed by atoms with E-state index in [9.17, 15) is 4.79 Å². The molecule has 2 aromatic heterocycles. The van der Waals surface area contributed by atoms with Crippen LogP contribution in [0, 0.1) is 0 Å². The van der Waals surface area contributed by atoms with Crippen molar-refractivity contribution in [1.82, 2.24) is 15.0 Å². The normalized spacial score (nSPS) is 9.83. The number of aromatic nitrogens is 3. The van der Waals surface area contributed by atoms with Crippen LogP contribution in [-0.2, 0) is 4.84 Å². The van der Waals surface area contributed by atoms with Crippen molar-refractivity contribution in [3.8, 4) is 23.5 Å². The topological polar surface area (TPSA) is 105 Å². The molecule has 0 amide bonds. The lowest BCUT2D eigenvalue weighted by molar-refractivity contribution is 0.0505. The molecule has 0 aliphatic heterocycles. The first kappa shape index (κ1) is 17.1. The molecule has 126 valence electrons. The number of methoxy groups -OCH3 is 2. The van der Waals surface area contributed by atoms with Gasteiger partial charge in [-0.1, -0.05) is 5.16 Å². The van der Waals surface area contributed by atoms with Gasteiger partial charge in [0, 0.05) is 6.20 Å². The van der Waals surface area contributed by atoms with E-state index >= 15 is 0 Å². The van der Waals surface area contributed by atoms with Crippen molar-refractivity contribution in [2.45, 2.75) is 13.8 Å². The van der Waals surface area contributed by atoms with Crippen LogP contribution in [0.4, 0.5) is 0 Å². The molecule has 0 aromatic carbocycles.